The van der Waals surface area contributed by atoms with Crippen LogP contribution in [0.4, 0.5) is 11.6 Å². The fourth-order valence-corrected chi connectivity index (χ4v) is 2.82. The molecule has 1 N–H and O–H groups in total. The van der Waals surface area contributed by atoms with E-state index in [9.17, 15) is 4.79 Å². The summed E-state index contributed by atoms with van der Waals surface area (Å²) >= 11 is 6.10. The van der Waals surface area contributed by atoms with E-state index in [1.807, 2.05) is 23.1 Å². The van der Waals surface area contributed by atoms with E-state index < -0.39 is 0 Å². The number of hydrogen-bond acceptors (Lipinski definition) is 5. The lowest BCUT2D eigenvalue weighted by atomic mass is 10.2. The number of benzene rings is 1. The Morgan fingerprint density at radius 1 is 1.17 bits per heavy atom. The Balaban J connectivity index is 1.64. The van der Waals surface area contributed by atoms with E-state index in [1.165, 1.54) is 0 Å². The van der Waals surface area contributed by atoms with Crippen LogP contribution in [0.2, 0.25) is 5.02 Å². The third kappa shape index (κ3) is 3.83. The van der Waals surface area contributed by atoms with Crippen LogP contribution in [0, 0.1) is 0 Å². The molecule has 2 aromatic rings. The van der Waals surface area contributed by atoms with E-state index in [0.29, 0.717) is 16.5 Å². The van der Waals surface area contributed by atoms with Gasteiger partial charge in [0.15, 0.2) is 0 Å². The topological polar surface area (TPSA) is 61.4 Å². The summed E-state index contributed by atoms with van der Waals surface area (Å²) in [6, 6.07) is 7.37. The Morgan fingerprint density at radius 3 is 2.46 bits per heavy atom. The van der Waals surface area contributed by atoms with Gasteiger partial charge in [-0.15, -0.1) is 0 Å². The Hall–Kier alpha value is -2.18. The second kappa shape index (κ2) is 7.59. The van der Waals surface area contributed by atoms with Gasteiger partial charge in [-0.1, -0.05) is 30.7 Å². The zero-order valence-electron chi connectivity index (χ0n) is 13.6. The van der Waals surface area contributed by atoms with Crippen LogP contribution in [0.1, 0.15) is 17.3 Å². The van der Waals surface area contributed by atoms with Crippen molar-refractivity contribution in [3.63, 3.8) is 0 Å². The molecule has 1 aliphatic rings. The van der Waals surface area contributed by atoms with Crippen molar-refractivity contribution in [1.82, 2.24) is 19.8 Å². The number of rotatable bonds is 4. The Bertz CT molecular complexity index is 698. The number of para-hydroxylation sites is 1. The maximum absolute atomic E-state index is 12.5. The highest BCUT2D eigenvalue weighted by molar-refractivity contribution is 6.33. The first-order valence-corrected chi connectivity index (χ1v) is 8.40. The molecule has 1 aromatic heterocycles. The molecule has 0 radical (unpaired) electrons. The van der Waals surface area contributed by atoms with Crippen LogP contribution in [0.3, 0.4) is 0 Å². The van der Waals surface area contributed by atoms with Crippen molar-refractivity contribution in [3.8, 4) is 0 Å². The minimum Gasteiger partial charge on any atom is -0.336 e. The first-order valence-electron chi connectivity index (χ1n) is 8.02. The summed E-state index contributed by atoms with van der Waals surface area (Å²) in [5, 5.41) is 3.64. The predicted octanol–water partition coefficient (Wildman–Crippen LogP) is 2.65. The standard InChI is InChI=1S/C17H20ClN5O/c1-2-22-7-9-23(10-8-22)16(24)13-11-19-17(20-12-13)21-15-6-4-3-5-14(15)18/h3-6,11-12H,2,7-10H2,1H3,(H,19,20,21). The zero-order chi connectivity index (χ0) is 16.9. The quantitative estimate of drug-likeness (QED) is 0.923. The van der Waals surface area contributed by atoms with Gasteiger partial charge in [-0.3, -0.25) is 4.79 Å². The third-order valence-corrected chi connectivity index (χ3v) is 4.46. The second-order valence-electron chi connectivity index (χ2n) is 5.63. The molecule has 1 amide bonds. The van der Waals surface area contributed by atoms with Gasteiger partial charge in [-0.25, -0.2) is 9.97 Å². The van der Waals surface area contributed by atoms with Gasteiger partial charge in [0.25, 0.3) is 5.91 Å². The van der Waals surface area contributed by atoms with E-state index in [-0.39, 0.29) is 5.91 Å². The molecule has 0 unspecified atom stereocenters. The minimum atomic E-state index is -0.0185. The summed E-state index contributed by atoms with van der Waals surface area (Å²) in [5.74, 6) is 0.394. The molecule has 2 heterocycles. The molecule has 24 heavy (non-hydrogen) atoms. The van der Waals surface area contributed by atoms with Crippen LogP contribution in [0.15, 0.2) is 36.7 Å². The smallest absolute Gasteiger partial charge is 0.257 e. The van der Waals surface area contributed by atoms with Crippen LogP contribution < -0.4 is 5.32 Å². The summed E-state index contributed by atoms with van der Waals surface area (Å²) < 4.78 is 0. The summed E-state index contributed by atoms with van der Waals surface area (Å²) in [6.45, 7) is 6.46. The average molecular weight is 346 g/mol. The van der Waals surface area contributed by atoms with E-state index in [4.69, 9.17) is 11.6 Å². The molecule has 3 rings (SSSR count). The normalized spacial score (nSPS) is 15.3. The Kier molecular flexibility index (Phi) is 5.27. The molecule has 7 heteroatoms. The van der Waals surface area contributed by atoms with Crippen molar-refractivity contribution in [2.24, 2.45) is 0 Å². The molecule has 0 spiro atoms. The number of halogens is 1. The first-order chi connectivity index (χ1) is 11.7. The number of likely N-dealkylation sites (N-methyl/N-ethyl adjacent to an activating group) is 1. The average Bonchev–Trinajstić information content (AvgIpc) is 2.64. The van der Waals surface area contributed by atoms with Crippen LogP contribution in [-0.2, 0) is 0 Å². The molecule has 0 bridgehead atoms. The van der Waals surface area contributed by atoms with Gasteiger partial charge in [-0.05, 0) is 18.7 Å². The minimum absolute atomic E-state index is 0.0185. The lowest BCUT2D eigenvalue weighted by Crippen LogP contribution is -2.48. The molecule has 6 nitrogen and oxygen atoms in total. The van der Waals surface area contributed by atoms with E-state index in [2.05, 4.69) is 27.1 Å². The van der Waals surface area contributed by atoms with Crippen molar-refractivity contribution >= 4 is 29.1 Å². The maximum atomic E-state index is 12.5. The molecule has 0 aliphatic carbocycles. The molecule has 1 aliphatic heterocycles. The van der Waals surface area contributed by atoms with Gasteiger partial charge in [-0.2, -0.15) is 0 Å². The molecular formula is C17H20ClN5O. The Morgan fingerprint density at radius 2 is 1.83 bits per heavy atom. The predicted molar refractivity (Wildman–Crippen MR) is 94.8 cm³/mol. The number of nitrogens with one attached hydrogen (secondary N) is 1. The summed E-state index contributed by atoms with van der Waals surface area (Å²) in [4.78, 5) is 25.1. The SMILES string of the molecule is CCN1CCN(C(=O)c2cnc(Nc3ccccc3Cl)nc2)CC1. The van der Waals surface area contributed by atoms with Gasteiger partial charge in [0, 0.05) is 38.6 Å². The van der Waals surface area contributed by atoms with Gasteiger partial charge < -0.3 is 15.1 Å². The van der Waals surface area contributed by atoms with E-state index in [1.54, 1.807) is 18.5 Å². The van der Waals surface area contributed by atoms with Crippen LogP contribution in [0.25, 0.3) is 0 Å². The molecule has 0 atom stereocenters. The lowest BCUT2D eigenvalue weighted by molar-refractivity contribution is 0.0642. The number of anilines is 2. The van der Waals surface area contributed by atoms with E-state index in [0.717, 1.165) is 38.4 Å². The van der Waals surface area contributed by atoms with Crippen LogP contribution in [-0.4, -0.2) is 58.4 Å². The fraction of sp³-hybridized carbons (Fsp3) is 0.353. The van der Waals surface area contributed by atoms with Crippen LogP contribution >= 0.6 is 11.6 Å². The van der Waals surface area contributed by atoms with E-state index >= 15 is 0 Å². The number of carbonyl (C=O) groups is 1. The van der Waals surface area contributed by atoms with Gasteiger partial charge >= 0.3 is 0 Å². The number of piperazine rings is 1. The highest BCUT2D eigenvalue weighted by atomic mass is 35.5. The number of aromatic nitrogens is 2. The second-order valence-corrected chi connectivity index (χ2v) is 6.03. The van der Waals surface area contributed by atoms with Gasteiger partial charge in [0.2, 0.25) is 5.95 Å². The van der Waals surface area contributed by atoms with Crippen molar-refractivity contribution in [1.29, 1.82) is 0 Å². The van der Waals surface area contributed by atoms with Crippen molar-refractivity contribution in [2.45, 2.75) is 6.92 Å². The summed E-state index contributed by atoms with van der Waals surface area (Å²) in [6.07, 6.45) is 3.11. The first kappa shape index (κ1) is 16.7. The molecular weight excluding hydrogens is 326 g/mol. The third-order valence-electron chi connectivity index (χ3n) is 4.13. The summed E-state index contributed by atoms with van der Waals surface area (Å²) in [7, 11) is 0. The number of amides is 1. The number of nitrogens with zero attached hydrogens (tertiary/aromatic N) is 4. The molecule has 1 aromatic carbocycles. The van der Waals surface area contributed by atoms with Crippen molar-refractivity contribution < 1.29 is 4.79 Å². The highest BCUT2D eigenvalue weighted by Gasteiger charge is 2.21. The van der Waals surface area contributed by atoms with Crippen LogP contribution in [0.5, 0.6) is 0 Å². The molecule has 0 saturated carbocycles. The monoisotopic (exact) mass is 345 g/mol. The lowest BCUT2D eigenvalue weighted by Gasteiger charge is -2.33. The highest BCUT2D eigenvalue weighted by Crippen LogP contribution is 2.23. The zero-order valence-corrected chi connectivity index (χ0v) is 14.3. The largest absolute Gasteiger partial charge is 0.336 e. The maximum Gasteiger partial charge on any atom is 0.257 e. The molecule has 1 saturated heterocycles. The summed E-state index contributed by atoms with van der Waals surface area (Å²) in [5.41, 5.74) is 1.23. The molecule has 126 valence electrons. The number of hydrogen-bond donors (Lipinski definition) is 1. The number of carbonyl (C=O) groups excluding carboxylic acids is 1. The van der Waals surface area contributed by atoms with Crippen molar-refractivity contribution in [2.75, 3.05) is 38.0 Å². The Labute approximate surface area is 146 Å². The fourth-order valence-electron chi connectivity index (χ4n) is 2.64. The van der Waals surface area contributed by atoms with Crippen molar-refractivity contribution in [3.05, 3.63) is 47.2 Å². The van der Waals surface area contributed by atoms with Gasteiger partial charge in [0.1, 0.15) is 0 Å². The molecule has 1 fully saturated rings. The van der Waals surface area contributed by atoms with Gasteiger partial charge in [0.05, 0.1) is 16.3 Å².